The summed E-state index contributed by atoms with van der Waals surface area (Å²) in [6, 6.07) is 10.1. The van der Waals surface area contributed by atoms with Crippen molar-refractivity contribution in [2.45, 2.75) is 19.5 Å². The van der Waals surface area contributed by atoms with E-state index in [1.165, 1.54) is 17.9 Å². The van der Waals surface area contributed by atoms with Gasteiger partial charge in [0, 0.05) is 42.3 Å². The molecule has 0 aromatic heterocycles. The Hall–Kier alpha value is -2.54. The molecule has 8 heteroatoms. The first-order chi connectivity index (χ1) is 13.1. The first kappa shape index (κ1) is 20.2. The van der Waals surface area contributed by atoms with Gasteiger partial charge in [0.05, 0.1) is 5.56 Å². The number of hydrogen-bond acceptors (Lipinski definition) is 2. The fourth-order valence-corrected chi connectivity index (χ4v) is 3.30. The summed E-state index contributed by atoms with van der Waals surface area (Å²) in [4.78, 5) is 28.2. The molecule has 28 heavy (non-hydrogen) atoms. The van der Waals surface area contributed by atoms with Crippen LogP contribution in [0.15, 0.2) is 42.5 Å². The van der Waals surface area contributed by atoms with Crippen LogP contribution in [-0.2, 0) is 11.0 Å². The second-order valence-corrected chi connectivity index (χ2v) is 7.09. The molecule has 0 spiro atoms. The quantitative estimate of drug-likeness (QED) is 0.729. The molecule has 0 bridgehead atoms. The largest absolute Gasteiger partial charge is 0.416 e. The van der Waals surface area contributed by atoms with E-state index in [0.29, 0.717) is 16.3 Å². The molecule has 0 atom stereocenters. The molecule has 2 aromatic rings. The van der Waals surface area contributed by atoms with Crippen molar-refractivity contribution in [3.8, 4) is 0 Å². The van der Waals surface area contributed by atoms with E-state index in [4.69, 9.17) is 11.6 Å². The smallest absolute Gasteiger partial charge is 0.336 e. The Morgan fingerprint density at radius 2 is 1.71 bits per heavy atom. The Labute approximate surface area is 165 Å². The highest BCUT2D eigenvalue weighted by molar-refractivity contribution is 6.30. The standard InChI is InChI=1S/C20H18ClF3N2O2/c1-13-10-14(12-15(11-13)20(22,23)24)19(28)25-7-6-18(27)26(9-8-25)17-4-2-16(21)3-5-17/h2-5,10-12H,6-9H2,1H3. The summed E-state index contributed by atoms with van der Waals surface area (Å²) in [6.07, 6.45) is -4.44. The van der Waals surface area contributed by atoms with E-state index in [1.54, 1.807) is 29.2 Å². The third kappa shape index (κ3) is 4.47. The van der Waals surface area contributed by atoms with Crippen LogP contribution in [0.2, 0.25) is 5.02 Å². The summed E-state index contributed by atoms with van der Waals surface area (Å²) in [6.45, 7) is 2.14. The Bertz CT molecular complexity index is 897. The lowest BCUT2D eigenvalue weighted by atomic mass is 10.0. The van der Waals surface area contributed by atoms with Crippen LogP contribution in [0.5, 0.6) is 0 Å². The molecule has 0 saturated carbocycles. The van der Waals surface area contributed by atoms with Gasteiger partial charge in [0.15, 0.2) is 0 Å². The summed E-state index contributed by atoms with van der Waals surface area (Å²) in [5.41, 5.74) is 0.134. The third-order valence-electron chi connectivity index (χ3n) is 4.57. The fourth-order valence-electron chi connectivity index (χ4n) is 3.17. The molecule has 148 valence electrons. The normalized spacial score (nSPS) is 15.5. The molecule has 1 fully saturated rings. The minimum Gasteiger partial charge on any atom is -0.336 e. The van der Waals surface area contributed by atoms with Crippen molar-refractivity contribution in [1.29, 1.82) is 0 Å². The van der Waals surface area contributed by atoms with Gasteiger partial charge in [-0.25, -0.2) is 0 Å². The second-order valence-electron chi connectivity index (χ2n) is 6.65. The maximum Gasteiger partial charge on any atom is 0.416 e. The molecule has 1 aliphatic heterocycles. The van der Waals surface area contributed by atoms with Gasteiger partial charge in [-0.05, 0) is 55.0 Å². The lowest BCUT2D eigenvalue weighted by Gasteiger charge is -2.23. The fraction of sp³-hybridized carbons (Fsp3) is 0.300. The molecule has 1 heterocycles. The molecule has 2 aromatic carbocycles. The van der Waals surface area contributed by atoms with Gasteiger partial charge in [-0.1, -0.05) is 11.6 Å². The van der Waals surface area contributed by atoms with Gasteiger partial charge in [0.2, 0.25) is 5.91 Å². The number of anilines is 1. The van der Waals surface area contributed by atoms with Crippen molar-refractivity contribution < 1.29 is 22.8 Å². The van der Waals surface area contributed by atoms with E-state index in [9.17, 15) is 22.8 Å². The van der Waals surface area contributed by atoms with Gasteiger partial charge in [-0.3, -0.25) is 9.59 Å². The first-order valence-corrected chi connectivity index (χ1v) is 9.07. The van der Waals surface area contributed by atoms with Gasteiger partial charge >= 0.3 is 6.18 Å². The molecule has 3 rings (SSSR count). The van der Waals surface area contributed by atoms with Crippen LogP contribution in [0.25, 0.3) is 0 Å². The van der Waals surface area contributed by atoms with Crippen LogP contribution in [0, 0.1) is 6.92 Å². The number of aryl methyl sites for hydroxylation is 1. The van der Waals surface area contributed by atoms with Crippen LogP contribution < -0.4 is 4.90 Å². The van der Waals surface area contributed by atoms with Crippen LogP contribution in [0.4, 0.5) is 18.9 Å². The number of halogens is 4. The average Bonchev–Trinajstić information content (AvgIpc) is 2.82. The molecule has 0 N–H and O–H groups in total. The van der Waals surface area contributed by atoms with Gasteiger partial charge in [-0.15, -0.1) is 0 Å². The van der Waals surface area contributed by atoms with E-state index in [2.05, 4.69) is 0 Å². The molecule has 0 radical (unpaired) electrons. The zero-order chi connectivity index (χ0) is 20.5. The summed E-state index contributed by atoms with van der Waals surface area (Å²) < 4.78 is 39.2. The van der Waals surface area contributed by atoms with Crippen molar-refractivity contribution in [3.05, 3.63) is 64.2 Å². The number of hydrogen-bond donors (Lipinski definition) is 0. The van der Waals surface area contributed by atoms with Crippen molar-refractivity contribution in [2.24, 2.45) is 0 Å². The Kier molecular flexibility index (Phi) is 5.65. The van der Waals surface area contributed by atoms with Gasteiger partial charge in [-0.2, -0.15) is 13.2 Å². The SMILES string of the molecule is Cc1cc(C(=O)N2CCC(=O)N(c3ccc(Cl)cc3)CC2)cc(C(F)(F)F)c1. The van der Waals surface area contributed by atoms with E-state index >= 15 is 0 Å². The zero-order valence-corrected chi connectivity index (χ0v) is 15.8. The van der Waals surface area contributed by atoms with Crippen LogP contribution in [0.3, 0.4) is 0 Å². The minimum absolute atomic E-state index is 0.0280. The number of rotatable bonds is 2. The number of carbonyl (C=O) groups is 2. The minimum atomic E-state index is -4.53. The van der Waals surface area contributed by atoms with E-state index in [1.807, 2.05) is 0 Å². The topological polar surface area (TPSA) is 40.6 Å². The van der Waals surface area contributed by atoms with Crippen molar-refractivity contribution in [3.63, 3.8) is 0 Å². The van der Waals surface area contributed by atoms with Crippen molar-refractivity contribution >= 4 is 29.1 Å². The third-order valence-corrected chi connectivity index (χ3v) is 4.82. The second kappa shape index (κ2) is 7.83. The molecule has 0 aliphatic carbocycles. The highest BCUT2D eigenvalue weighted by Crippen LogP contribution is 2.31. The number of amides is 2. The van der Waals surface area contributed by atoms with Gasteiger partial charge < -0.3 is 9.80 Å². The Balaban J connectivity index is 1.80. The van der Waals surface area contributed by atoms with E-state index < -0.39 is 17.6 Å². The summed E-state index contributed by atoms with van der Waals surface area (Å²) >= 11 is 5.87. The molecular formula is C20H18ClF3N2O2. The lowest BCUT2D eigenvalue weighted by molar-refractivity contribution is -0.137. The van der Waals surface area contributed by atoms with E-state index in [0.717, 1.165) is 12.1 Å². The molecule has 1 aliphatic rings. The maximum atomic E-state index is 13.1. The number of nitrogens with zero attached hydrogens (tertiary/aromatic N) is 2. The monoisotopic (exact) mass is 410 g/mol. The summed E-state index contributed by atoms with van der Waals surface area (Å²) in [7, 11) is 0. The number of alkyl halides is 3. The molecular weight excluding hydrogens is 393 g/mol. The van der Waals surface area contributed by atoms with Crippen molar-refractivity contribution in [2.75, 3.05) is 24.5 Å². The van der Waals surface area contributed by atoms with Crippen LogP contribution in [0.1, 0.15) is 27.9 Å². The van der Waals surface area contributed by atoms with Gasteiger partial charge in [0.25, 0.3) is 5.91 Å². The van der Waals surface area contributed by atoms with Crippen LogP contribution in [-0.4, -0.2) is 36.3 Å². The molecule has 2 amide bonds. The Morgan fingerprint density at radius 3 is 2.36 bits per heavy atom. The molecule has 1 saturated heterocycles. The number of carbonyl (C=O) groups excluding carboxylic acids is 2. The maximum absolute atomic E-state index is 13.1. The van der Waals surface area contributed by atoms with Crippen LogP contribution >= 0.6 is 11.6 Å². The first-order valence-electron chi connectivity index (χ1n) is 8.69. The zero-order valence-electron chi connectivity index (χ0n) is 15.1. The lowest BCUT2D eigenvalue weighted by Crippen LogP contribution is -2.36. The number of benzene rings is 2. The highest BCUT2D eigenvalue weighted by Gasteiger charge is 2.32. The highest BCUT2D eigenvalue weighted by atomic mass is 35.5. The summed E-state index contributed by atoms with van der Waals surface area (Å²) in [5.74, 6) is -0.669. The summed E-state index contributed by atoms with van der Waals surface area (Å²) in [5, 5.41) is 0.544. The predicted molar refractivity (Wildman–Crippen MR) is 101 cm³/mol. The van der Waals surface area contributed by atoms with Crippen molar-refractivity contribution in [1.82, 2.24) is 4.90 Å². The molecule has 4 nitrogen and oxygen atoms in total. The van der Waals surface area contributed by atoms with Gasteiger partial charge in [0.1, 0.15) is 0 Å². The molecule has 0 unspecified atom stereocenters. The predicted octanol–water partition coefficient (Wildman–Crippen LogP) is 4.55. The average molecular weight is 411 g/mol. The van der Waals surface area contributed by atoms with E-state index in [-0.39, 0.29) is 37.5 Å². The Morgan fingerprint density at radius 1 is 1.04 bits per heavy atom.